The fraction of sp³-hybridized carbons (Fsp3) is 0.278. The number of rotatable bonds is 4. The fourth-order valence-electron chi connectivity index (χ4n) is 3.12. The van der Waals surface area contributed by atoms with E-state index in [2.05, 4.69) is 10.0 Å². The maximum atomic E-state index is 13.6. The summed E-state index contributed by atoms with van der Waals surface area (Å²) in [7, 11) is -3.86. The maximum absolute atomic E-state index is 13.6. The molecule has 2 unspecified atom stereocenters. The standard InChI is InChI=1S/C18H17F2N3O2S/c19-16-5-4-13(9-17(16)20)15-6-7-22-11-18(15)23-26(24,25)14-3-1-2-12(8-14)10-21/h1-5,8-9,15,18,22-23H,6-7,11H2. The Kier molecular flexibility index (Phi) is 5.32. The number of nitrogens with zero attached hydrogens (tertiary/aromatic N) is 1. The number of nitrogens with one attached hydrogen (secondary N) is 2. The molecule has 2 aromatic carbocycles. The highest BCUT2D eigenvalue weighted by Gasteiger charge is 2.31. The van der Waals surface area contributed by atoms with E-state index in [4.69, 9.17) is 5.26 Å². The first-order chi connectivity index (χ1) is 12.4. The second kappa shape index (κ2) is 7.50. The Labute approximate surface area is 150 Å². The van der Waals surface area contributed by atoms with Crippen molar-refractivity contribution < 1.29 is 17.2 Å². The van der Waals surface area contributed by atoms with Crippen molar-refractivity contribution in [1.82, 2.24) is 10.0 Å². The number of hydrogen-bond donors (Lipinski definition) is 2. The zero-order valence-electron chi connectivity index (χ0n) is 13.7. The van der Waals surface area contributed by atoms with Crippen LogP contribution >= 0.6 is 0 Å². The number of piperidine rings is 1. The van der Waals surface area contributed by atoms with Gasteiger partial charge in [0.15, 0.2) is 11.6 Å². The van der Waals surface area contributed by atoms with E-state index in [0.29, 0.717) is 25.1 Å². The van der Waals surface area contributed by atoms with Gasteiger partial charge in [0.05, 0.1) is 16.5 Å². The summed E-state index contributed by atoms with van der Waals surface area (Å²) in [5.41, 5.74) is 0.788. The van der Waals surface area contributed by atoms with E-state index >= 15 is 0 Å². The van der Waals surface area contributed by atoms with Crippen LogP contribution in [0.2, 0.25) is 0 Å². The second-order valence-corrected chi connectivity index (χ2v) is 7.85. The molecule has 1 aliphatic rings. The molecule has 1 aliphatic heterocycles. The SMILES string of the molecule is N#Cc1cccc(S(=O)(=O)NC2CNCCC2c2ccc(F)c(F)c2)c1. The predicted molar refractivity (Wildman–Crippen MR) is 91.9 cm³/mol. The molecule has 2 aromatic rings. The minimum atomic E-state index is -3.86. The molecule has 0 bridgehead atoms. The molecule has 5 nitrogen and oxygen atoms in total. The Morgan fingerprint density at radius 2 is 1.96 bits per heavy atom. The van der Waals surface area contributed by atoms with Crippen LogP contribution in [0.3, 0.4) is 0 Å². The van der Waals surface area contributed by atoms with Crippen molar-refractivity contribution in [2.45, 2.75) is 23.3 Å². The number of hydrogen-bond acceptors (Lipinski definition) is 4. The first kappa shape index (κ1) is 18.5. The molecule has 0 radical (unpaired) electrons. The van der Waals surface area contributed by atoms with Crippen molar-refractivity contribution in [1.29, 1.82) is 5.26 Å². The van der Waals surface area contributed by atoms with Crippen LogP contribution in [-0.2, 0) is 10.0 Å². The van der Waals surface area contributed by atoms with Gasteiger partial charge < -0.3 is 5.32 Å². The normalized spacial score (nSPS) is 20.5. The molecular formula is C18H17F2N3O2S. The lowest BCUT2D eigenvalue weighted by molar-refractivity contribution is 0.376. The number of nitriles is 1. The van der Waals surface area contributed by atoms with Crippen LogP contribution < -0.4 is 10.0 Å². The van der Waals surface area contributed by atoms with Gasteiger partial charge in [-0.15, -0.1) is 0 Å². The Hall–Kier alpha value is -2.34. The lowest BCUT2D eigenvalue weighted by atomic mass is 9.86. The summed E-state index contributed by atoms with van der Waals surface area (Å²) < 4.78 is 54.8. The summed E-state index contributed by atoms with van der Waals surface area (Å²) in [6, 6.07) is 10.7. The van der Waals surface area contributed by atoms with E-state index < -0.39 is 27.7 Å². The van der Waals surface area contributed by atoms with E-state index in [1.807, 2.05) is 6.07 Å². The van der Waals surface area contributed by atoms with Crippen molar-refractivity contribution in [2.75, 3.05) is 13.1 Å². The Morgan fingerprint density at radius 3 is 2.69 bits per heavy atom. The highest BCUT2D eigenvalue weighted by molar-refractivity contribution is 7.89. The summed E-state index contributed by atoms with van der Waals surface area (Å²) in [5.74, 6) is -2.18. The average Bonchev–Trinajstić information content (AvgIpc) is 2.64. The molecule has 3 rings (SSSR count). The molecule has 1 saturated heterocycles. The van der Waals surface area contributed by atoms with E-state index in [1.54, 1.807) is 0 Å². The highest BCUT2D eigenvalue weighted by atomic mass is 32.2. The third kappa shape index (κ3) is 3.90. The average molecular weight is 377 g/mol. The third-order valence-corrected chi connectivity index (χ3v) is 5.92. The molecule has 0 spiro atoms. The summed E-state index contributed by atoms with van der Waals surface area (Å²) in [6.07, 6.45) is 0.580. The molecule has 0 aliphatic carbocycles. The third-order valence-electron chi connectivity index (χ3n) is 4.43. The molecule has 136 valence electrons. The zero-order valence-corrected chi connectivity index (χ0v) is 14.6. The first-order valence-corrected chi connectivity index (χ1v) is 9.57. The Balaban J connectivity index is 1.88. The smallest absolute Gasteiger partial charge is 0.240 e. The Morgan fingerprint density at radius 1 is 1.15 bits per heavy atom. The van der Waals surface area contributed by atoms with Gasteiger partial charge in [-0.25, -0.2) is 21.9 Å². The van der Waals surface area contributed by atoms with Gasteiger partial charge in [0, 0.05) is 18.5 Å². The minimum absolute atomic E-state index is 0.00819. The van der Waals surface area contributed by atoms with Crippen molar-refractivity contribution in [2.24, 2.45) is 0 Å². The lowest BCUT2D eigenvalue weighted by Gasteiger charge is -2.33. The first-order valence-electron chi connectivity index (χ1n) is 8.09. The van der Waals surface area contributed by atoms with Crippen LogP contribution in [0.5, 0.6) is 0 Å². The van der Waals surface area contributed by atoms with Gasteiger partial charge in [-0.2, -0.15) is 5.26 Å². The number of halogens is 2. The van der Waals surface area contributed by atoms with Crippen LogP contribution in [0.4, 0.5) is 8.78 Å². The molecule has 26 heavy (non-hydrogen) atoms. The molecule has 1 heterocycles. The van der Waals surface area contributed by atoms with Crippen LogP contribution in [0.25, 0.3) is 0 Å². The largest absolute Gasteiger partial charge is 0.315 e. The van der Waals surface area contributed by atoms with Crippen molar-refractivity contribution >= 4 is 10.0 Å². The van der Waals surface area contributed by atoms with Crippen LogP contribution in [-0.4, -0.2) is 27.5 Å². The van der Waals surface area contributed by atoms with Crippen molar-refractivity contribution in [3.05, 3.63) is 65.2 Å². The van der Waals surface area contributed by atoms with E-state index in [0.717, 1.165) is 12.1 Å². The van der Waals surface area contributed by atoms with Crippen LogP contribution in [0, 0.1) is 23.0 Å². The molecule has 2 N–H and O–H groups in total. The summed E-state index contributed by atoms with van der Waals surface area (Å²) in [5, 5.41) is 12.1. The van der Waals surface area contributed by atoms with Crippen LogP contribution in [0.1, 0.15) is 23.5 Å². The van der Waals surface area contributed by atoms with Crippen molar-refractivity contribution in [3.63, 3.8) is 0 Å². The van der Waals surface area contributed by atoms with E-state index in [1.165, 1.54) is 30.3 Å². The van der Waals surface area contributed by atoms with Gasteiger partial charge in [0.2, 0.25) is 10.0 Å². The molecule has 2 atom stereocenters. The maximum Gasteiger partial charge on any atom is 0.240 e. The summed E-state index contributed by atoms with van der Waals surface area (Å²) in [4.78, 5) is -0.00819. The summed E-state index contributed by atoms with van der Waals surface area (Å²) >= 11 is 0. The van der Waals surface area contributed by atoms with Gasteiger partial charge in [0.1, 0.15) is 0 Å². The molecule has 1 fully saturated rings. The number of benzene rings is 2. The molecule has 0 saturated carbocycles. The minimum Gasteiger partial charge on any atom is -0.315 e. The van der Waals surface area contributed by atoms with E-state index in [9.17, 15) is 17.2 Å². The predicted octanol–water partition coefficient (Wildman–Crippen LogP) is 2.26. The van der Waals surface area contributed by atoms with Gasteiger partial charge in [-0.1, -0.05) is 12.1 Å². The zero-order chi connectivity index (χ0) is 18.7. The highest BCUT2D eigenvalue weighted by Crippen LogP contribution is 2.28. The van der Waals surface area contributed by atoms with Gasteiger partial charge in [-0.3, -0.25) is 0 Å². The fourth-order valence-corrected chi connectivity index (χ4v) is 4.45. The topological polar surface area (TPSA) is 82.0 Å². The molecule has 0 aromatic heterocycles. The molecule has 8 heteroatoms. The monoisotopic (exact) mass is 377 g/mol. The van der Waals surface area contributed by atoms with Gasteiger partial charge in [0.25, 0.3) is 0 Å². The van der Waals surface area contributed by atoms with Crippen LogP contribution in [0.15, 0.2) is 47.4 Å². The molecule has 0 amide bonds. The van der Waals surface area contributed by atoms with Gasteiger partial charge >= 0.3 is 0 Å². The quantitative estimate of drug-likeness (QED) is 0.856. The van der Waals surface area contributed by atoms with Crippen molar-refractivity contribution in [3.8, 4) is 6.07 Å². The Bertz CT molecular complexity index is 957. The molecular weight excluding hydrogens is 360 g/mol. The number of sulfonamides is 1. The van der Waals surface area contributed by atoms with Gasteiger partial charge in [-0.05, 0) is 48.9 Å². The van der Waals surface area contributed by atoms with E-state index in [-0.39, 0.29) is 16.4 Å². The second-order valence-electron chi connectivity index (χ2n) is 6.14. The lowest BCUT2D eigenvalue weighted by Crippen LogP contribution is -2.49. The summed E-state index contributed by atoms with van der Waals surface area (Å²) in [6.45, 7) is 1.01.